The largest absolute Gasteiger partial charge is 0.481 e. The van der Waals surface area contributed by atoms with Crippen molar-refractivity contribution in [1.29, 1.82) is 0 Å². The summed E-state index contributed by atoms with van der Waals surface area (Å²) in [4.78, 5) is 22.3. The quantitative estimate of drug-likeness (QED) is 0.801. The monoisotopic (exact) mass is 265 g/mol. The van der Waals surface area contributed by atoms with Gasteiger partial charge < -0.3 is 10.4 Å². The van der Waals surface area contributed by atoms with Crippen LogP contribution in [0.1, 0.15) is 19.4 Å². The molecule has 1 aromatic carbocycles. The Bertz CT molecular complexity index is 499. The number of hydrogen-bond acceptors (Lipinski definition) is 2. The molecule has 0 saturated carbocycles. The van der Waals surface area contributed by atoms with E-state index in [9.17, 15) is 14.0 Å². The average molecular weight is 265 g/mol. The maximum Gasteiger partial charge on any atom is 0.308 e. The number of carboxylic acids is 1. The lowest BCUT2D eigenvalue weighted by Gasteiger charge is -2.16. The summed E-state index contributed by atoms with van der Waals surface area (Å²) in [7, 11) is 0. The van der Waals surface area contributed by atoms with Gasteiger partial charge >= 0.3 is 5.97 Å². The van der Waals surface area contributed by atoms with Crippen molar-refractivity contribution in [1.82, 2.24) is 5.32 Å². The summed E-state index contributed by atoms with van der Waals surface area (Å²) in [5.41, 5.74) is 0.302. The minimum absolute atomic E-state index is 0.302. The summed E-state index contributed by atoms with van der Waals surface area (Å²) in [6, 6.07) is 5.56. The number of amides is 1. The molecule has 0 bridgehead atoms. The van der Waals surface area contributed by atoms with Gasteiger partial charge in [-0.2, -0.15) is 0 Å². The van der Waals surface area contributed by atoms with Crippen molar-refractivity contribution in [2.24, 2.45) is 5.92 Å². The van der Waals surface area contributed by atoms with Crippen molar-refractivity contribution in [3.05, 3.63) is 41.7 Å². The minimum atomic E-state index is -0.981. The Morgan fingerprint density at radius 1 is 1.32 bits per heavy atom. The third-order valence-electron chi connectivity index (χ3n) is 2.83. The highest BCUT2D eigenvalue weighted by Crippen LogP contribution is 2.08. The highest BCUT2D eigenvalue weighted by atomic mass is 19.1. The molecule has 19 heavy (non-hydrogen) atoms. The van der Waals surface area contributed by atoms with E-state index in [2.05, 4.69) is 5.32 Å². The fraction of sp³-hybridized carbons (Fsp3) is 0.286. The van der Waals surface area contributed by atoms with Crippen LogP contribution in [0, 0.1) is 11.7 Å². The van der Waals surface area contributed by atoms with Crippen LogP contribution in [0.2, 0.25) is 0 Å². The topological polar surface area (TPSA) is 66.4 Å². The van der Waals surface area contributed by atoms with Crippen LogP contribution in [0.25, 0.3) is 6.08 Å². The molecule has 0 aromatic heterocycles. The summed E-state index contributed by atoms with van der Waals surface area (Å²) in [6.45, 7) is 3.11. The molecule has 1 rings (SSSR count). The van der Waals surface area contributed by atoms with Crippen molar-refractivity contribution in [2.45, 2.75) is 19.9 Å². The van der Waals surface area contributed by atoms with Gasteiger partial charge in [-0.15, -0.1) is 0 Å². The number of halogens is 1. The first-order valence-corrected chi connectivity index (χ1v) is 5.87. The number of rotatable bonds is 5. The standard InChI is InChI=1S/C14H16FNO3/c1-9(14(18)19)10(2)16-13(17)8-7-11-5-3-4-6-12(11)15/h3-10H,1-2H3,(H,16,17)(H,18,19)/b8-7+. The summed E-state index contributed by atoms with van der Waals surface area (Å²) in [5, 5.41) is 11.3. The minimum Gasteiger partial charge on any atom is -0.481 e. The maximum atomic E-state index is 13.3. The highest BCUT2D eigenvalue weighted by Gasteiger charge is 2.19. The second-order valence-electron chi connectivity index (χ2n) is 4.28. The molecule has 2 atom stereocenters. The summed E-state index contributed by atoms with van der Waals surface area (Å²) < 4.78 is 13.3. The molecule has 2 unspecified atom stereocenters. The van der Waals surface area contributed by atoms with Gasteiger partial charge in [0.1, 0.15) is 5.82 Å². The zero-order valence-corrected chi connectivity index (χ0v) is 10.8. The Morgan fingerprint density at radius 3 is 2.53 bits per heavy atom. The number of nitrogens with one attached hydrogen (secondary N) is 1. The maximum absolute atomic E-state index is 13.3. The Labute approximate surface area is 110 Å². The van der Waals surface area contributed by atoms with E-state index >= 15 is 0 Å². The molecule has 0 aliphatic heterocycles. The van der Waals surface area contributed by atoms with Gasteiger partial charge in [-0.1, -0.05) is 18.2 Å². The van der Waals surface area contributed by atoms with Crippen molar-refractivity contribution in [3.63, 3.8) is 0 Å². The molecule has 0 radical (unpaired) electrons. The molecule has 0 aliphatic rings. The van der Waals surface area contributed by atoms with Gasteiger partial charge in [0.25, 0.3) is 0 Å². The first kappa shape index (κ1) is 14.9. The van der Waals surface area contributed by atoms with Crippen LogP contribution in [0.5, 0.6) is 0 Å². The van der Waals surface area contributed by atoms with Crippen molar-refractivity contribution in [2.75, 3.05) is 0 Å². The van der Waals surface area contributed by atoms with Gasteiger partial charge in [-0.05, 0) is 26.0 Å². The van der Waals surface area contributed by atoms with Crippen molar-refractivity contribution < 1.29 is 19.1 Å². The molecule has 0 fully saturated rings. The predicted octanol–water partition coefficient (Wildman–Crippen LogP) is 2.06. The number of carbonyl (C=O) groups is 2. The van der Waals surface area contributed by atoms with Gasteiger partial charge in [0, 0.05) is 17.7 Å². The third kappa shape index (κ3) is 4.54. The third-order valence-corrected chi connectivity index (χ3v) is 2.83. The zero-order chi connectivity index (χ0) is 14.4. The number of benzene rings is 1. The molecule has 1 aromatic rings. The van der Waals surface area contributed by atoms with Crippen LogP contribution in [-0.4, -0.2) is 23.0 Å². The van der Waals surface area contributed by atoms with Crippen LogP contribution in [0.3, 0.4) is 0 Å². The predicted molar refractivity (Wildman–Crippen MR) is 69.8 cm³/mol. The molecule has 1 amide bonds. The molecule has 0 aliphatic carbocycles. The molecular formula is C14H16FNO3. The normalized spacial score (nSPS) is 14.1. The SMILES string of the molecule is CC(NC(=O)/C=C/c1ccccc1F)C(C)C(=O)O. The van der Waals surface area contributed by atoms with E-state index in [4.69, 9.17) is 5.11 Å². The molecule has 4 nitrogen and oxygen atoms in total. The van der Waals surface area contributed by atoms with Crippen molar-refractivity contribution >= 4 is 18.0 Å². The number of carboxylic acid groups (broad SMARTS) is 1. The van der Waals surface area contributed by atoms with E-state index in [1.165, 1.54) is 25.1 Å². The lowest BCUT2D eigenvalue weighted by Crippen LogP contribution is -2.39. The molecular weight excluding hydrogens is 249 g/mol. The first-order valence-electron chi connectivity index (χ1n) is 5.87. The zero-order valence-electron chi connectivity index (χ0n) is 10.8. The van der Waals surface area contributed by atoms with E-state index in [0.29, 0.717) is 5.56 Å². The highest BCUT2D eigenvalue weighted by molar-refractivity contribution is 5.92. The molecule has 0 saturated heterocycles. The van der Waals surface area contributed by atoms with Gasteiger partial charge in [0.2, 0.25) is 5.91 Å². The van der Waals surface area contributed by atoms with E-state index < -0.39 is 29.7 Å². The molecule has 5 heteroatoms. The van der Waals surface area contributed by atoms with Gasteiger partial charge in [0.15, 0.2) is 0 Å². The van der Waals surface area contributed by atoms with Gasteiger partial charge in [-0.3, -0.25) is 9.59 Å². The molecule has 0 spiro atoms. The molecule has 2 N–H and O–H groups in total. The Morgan fingerprint density at radius 2 is 1.95 bits per heavy atom. The van der Waals surface area contributed by atoms with Crippen molar-refractivity contribution in [3.8, 4) is 0 Å². The van der Waals surface area contributed by atoms with E-state index in [-0.39, 0.29) is 0 Å². The fourth-order valence-corrected chi connectivity index (χ4v) is 1.39. The Balaban J connectivity index is 2.61. The van der Waals surface area contributed by atoms with Crippen LogP contribution in [0.15, 0.2) is 30.3 Å². The first-order chi connectivity index (χ1) is 8.91. The summed E-state index contributed by atoms with van der Waals surface area (Å²) in [5.74, 6) is -2.54. The van der Waals surface area contributed by atoms with E-state index in [0.717, 1.165) is 0 Å². The van der Waals surface area contributed by atoms with E-state index in [1.807, 2.05) is 0 Å². The number of aliphatic carboxylic acids is 1. The van der Waals surface area contributed by atoms with Gasteiger partial charge in [0.05, 0.1) is 5.92 Å². The van der Waals surface area contributed by atoms with Crippen LogP contribution in [-0.2, 0) is 9.59 Å². The summed E-state index contributed by atoms with van der Waals surface area (Å²) in [6.07, 6.45) is 2.53. The number of carbonyl (C=O) groups excluding carboxylic acids is 1. The fourth-order valence-electron chi connectivity index (χ4n) is 1.39. The molecule has 0 heterocycles. The van der Waals surface area contributed by atoms with E-state index in [1.54, 1.807) is 25.1 Å². The smallest absolute Gasteiger partial charge is 0.308 e. The second kappa shape index (κ2) is 6.68. The molecule has 102 valence electrons. The van der Waals surface area contributed by atoms with Gasteiger partial charge in [-0.25, -0.2) is 4.39 Å². The second-order valence-corrected chi connectivity index (χ2v) is 4.28. The summed E-state index contributed by atoms with van der Waals surface area (Å²) >= 11 is 0. The van der Waals surface area contributed by atoms with Crippen LogP contribution in [0.4, 0.5) is 4.39 Å². The lowest BCUT2D eigenvalue weighted by atomic mass is 10.0. The number of hydrogen-bond donors (Lipinski definition) is 2. The average Bonchev–Trinajstić information content (AvgIpc) is 2.36. The lowest BCUT2D eigenvalue weighted by molar-refractivity contribution is -0.142. The van der Waals surface area contributed by atoms with Crippen LogP contribution < -0.4 is 5.32 Å². The van der Waals surface area contributed by atoms with Crippen LogP contribution >= 0.6 is 0 Å². The Hall–Kier alpha value is -2.17. The Kier molecular flexibility index (Phi) is 5.23.